The molecule has 0 aliphatic heterocycles. The summed E-state index contributed by atoms with van der Waals surface area (Å²) in [4.78, 5) is 3.51. The Morgan fingerprint density at radius 3 is 2.46 bits per heavy atom. The first-order valence-electron chi connectivity index (χ1n) is 8.24. The molecular weight excluding hydrogens is 348 g/mol. The molecule has 0 fully saturated rings. The monoisotopic (exact) mass is 370 g/mol. The molecule has 0 radical (unpaired) electrons. The molecule has 142 valence electrons. The van der Waals surface area contributed by atoms with E-state index >= 15 is 0 Å². The number of nitrogens with zero attached hydrogens (tertiary/aromatic N) is 1. The first-order chi connectivity index (χ1) is 12.1. The first-order valence-corrected chi connectivity index (χ1v) is 8.24. The topological polar surface area (TPSA) is 48.1 Å². The fraction of sp³-hybridized carbons (Fsp3) is 0.421. The van der Waals surface area contributed by atoms with Crippen molar-refractivity contribution in [2.24, 2.45) is 11.7 Å². The van der Waals surface area contributed by atoms with E-state index in [1.165, 1.54) is 6.07 Å². The number of halogens is 4. The number of hydrogen-bond acceptors (Lipinski definition) is 3. The van der Waals surface area contributed by atoms with E-state index in [4.69, 9.17) is 10.5 Å². The Morgan fingerprint density at radius 2 is 1.85 bits per heavy atom. The lowest BCUT2D eigenvalue weighted by molar-refractivity contribution is 0.146. The van der Waals surface area contributed by atoms with Crippen LogP contribution in [0.2, 0.25) is 0 Å². The van der Waals surface area contributed by atoms with Crippen LogP contribution < -0.4 is 10.5 Å². The van der Waals surface area contributed by atoms with Crippen LogP contribution in [-0.2, 0) is 0 Å². The molecule has 0 bridgehead atoms. The van der Waals surface area contributed by atoms with Gasteiger partial charge < -0.3 is 10.5 Å². The van der Waals surface area contributed by atoms with Crippen molar-refractivity contribution in [3.63, 3.8) is 0 Å². The van der Waals surface area contributed by atoms with Crippen LogP contribution in [0.4, 0.5) is 17.6 Å². The van der Waals surface area contributed by atoms with Crippen molar-refractivity contribution in [3.05, 3.63) is 47.8 Å². The van der Waals surface area contributed by atoms with E-state index in [0.29, 0.717) is 12.3 Å². The van der Waals surface area contributed by atoms with Crippen molar-refractivity contribution in [2.75, 3.05) is 6.61 Å². The fourth-order valence-electron chi connectivity index (χ4n) is 2.83. The van der Waals surface area contributed by atoms with Crippen LogP contribution >= 0.6 is 0 Å². The van der Waals surface area contributed by atoms with E-state index in [9.17, 15) is 17.6 Å². The number of rotatable bonds is 7. The van der Waals surface area contributed by atoms with Gasteiger partial charge in [-0.25, -0.2) is 17.6 Å². The minimum Gasteiger partial charge on any atom is -0.489 e. The predicted octanol–water partition coefficient (Wildman–Crippen LogP) is 5.11. The number of ether oxygens (including phenoxy) is 1. The van der Waals surface area contributed by atoms with E-state index in [-0.39, 0.29) is 23.5 Å². The summed E-state index contributed by atoms with van der Waals surface area (Å²) in [7, 11) is 0. The molecule has 1 atom stereocenters. The van der Waals surface area contributed by atoms with Crippen molar-refractivity contribution < 1.29 is 22.3 Å². The highest BCUT2D eigenvalue weighted by Crippen LogP contribution is 2.31. The van der Waals surface area contributed by atoms with Crippen molar-refractivity contribution in [2.45, 2.75) is 39.2 Å². The van der Waals surface area contributed by atoms with Crippen LogP contribution in [0, 0.1) is 17.6 Å². The highest BCUT2D eigenvalue weighted by molar-refractivity contribution is 5.65. The first kappa shape index (κ1) is 20.2. The standard InChI is InChI=1S/C19H22F4N2O/c1-11(2)9-19(3,24)10-26-17-8-14(20)13(7-15(17)21)12-4-5-25-16(6-12)18(22)23/h4-8,11,18H,9-10,24H2,1-3H3/t19-/m0/s1. The maximum Gasteiger partial charge on any atom is 0.280 e. The fourth-order valence-corrected chi connectivity index (χ4v) is 2.83. The highest BCUT2D eigenvalue weighted by Gasteiger charge is 2.22. The molecule has 1 aromatic heterocycles. The summed E-state index contributed by atoms with van der Waals surface area (Å²) in [6, 6.07) is 4.19. The molecule has 0 saturated carbocycles. The average molecular weight is 370 g/mol. The molecular formula is C19H22F4N2O. The van der Waals surface area contributed by atoms with Gasteiger partial charge in [0.25, 0.3) is 6.43 Å². The smallest absolute Gasteiger partial charge is 0.280 e. The Balaban J connectivity index is 2.24. The third-order valence-electron chi connectivity index (χ3n) is 3.77. The van der Waals surface area contributed by atoms with Crippen LogP contribution in [0.3, 0.4) is 0 Å². The Hall–Kier alpha value is -2.15. The number of alkyl halides is 2. The second-order valence-electron chi connectivity index (χ2n) is 7.07. The summed E-state index contributed by atoms with van der Waals surface area (Å²) >= 11 is 0. The van der Waals surface area contributed by atoms with Crippen LogP contribution in [0.25, 0.3) is 11.1 Å². The average Bonchev–Trinajstić information content (AvgIpc) is 2.54. The lowest BCUT2D eigenvalue weighted by Crippen LogP contribution is -2.43. The van der Waals surface area contributed by atoms with Gasteiger partial charge >= 0.3 is 0 Å². The Kier molecular flexibility index (Phi) is 6.23. The van der Waals surface area contributed by atoms with E-state index in [1.54, 1.807) is 6.92 Å². The zero-order valence-electron chi connectivity index (χ0n) is 14.9. The Labute approximate surface area is 150 Å². The number of nitrogens with two attached hydrogens (primary N) is 1. The number of aromatic nitrogens is 1. The van der Waals surface area contributed by atoms with Gasteiger partial charge in [-0.05, 0) is 43.0 Å². The summed E-state index contributed by atoms with van der Waals surface area (Å²) in [5.74, 6) is -1.52. The summed E-state index contributed by atoms with van der Waals surface area (Å²) in [5.41, 5.74) is 4.88. The van der Waals surface area contributed by atoms with Crippen molar-refractivity contribution in [3.8, 4) is 16.9 Å². The zero-order chi connectivity index (χ0) is 19.5. The largest absolute Gasteiger partial charge is 0.489 e. The van der Waals surface area contributed by atoms with Crippen LogP contribution in [0.1, 0.15) is 39.3 Å². The second-order valence-corrected chi connectivity index (χ2v) is 7.07. The van der Waals surface area contributed by atoms with E-state index in [0.717, 1.165) is 24.4 Å². The molecule has 2 N–H and O–H groups in total. The molecule has 2 rings (SSSR count). The van der Waals surface area contributed by atoms with Gasteiger partial charge in [0, 0.05) is 23.4 Å². The summed E-state index contributed by atoms with van der Waals surface area (Å²) in [6.45, 7) is 5.80. The molecule has 26 heavy (non-hydrogen) atoms. The minimum absolute atomic E-state index is 0.0195. The number of hydrogen-bond donors (Lipinski definition) is 1. The molecule has 0 amide bonds. The molecule has 0 spiro atoms. The van der Waals surface area contributed by atoms with E-state index < -0.39 is 29.3 Å². The van der Waals surface area contributed by atoms with E-state index in [1.807, 2.05) is 13.8 Å². The summed E-state index contributed by atoms with van der Waals surface area (Å²) in [5, 5.41) is 0. The minimum atomic E-state index is -2.80. The molecule has 0 unspecified atom stereocenters. The Bertz CT molecular complexity index is 763. The SMILES string of the molecule is CC(C)C[C@](C)(N)COc1cc(F)c(-c2ccnc(C(F)F)c2)cc1F. The van der Waals surface area contributed by atoms with Gasteiger partial charge in [-0.15, -0.1) is 0 Å². The number of benzene rings is 1. The van der Waals surface area contributed by atoms with Crippen LogP contribution in [0.15, 0.2) is 30.5 Å². The molecule has 2 aromatic rings. The molecule has 0 saturated heterocycles. The molecule has 0 aliphatic carbocycles. The van der Waals surface area contributed by atoms with E-state index in [2.05, 4.69) is 4.98 Å². The summed E-state index contributed by atoms with van der Waals surface area (Å²) in [6.07, 6.45) is -1.01. The summed E-state index contributed by atoms with van der Waals surface area (Å²) < 4.78 is 59.6. The molecule has 1 aromatic carbocycles. The van der Waals surface area contributed by atoms with Crippen molar-refractivity contribution >= 4 is 0 Å². The van der Waals surface area contributed by atoms with Gasteiger partial charge in [0.2, 0.25) is 0 Å². The zero-order valence-corrected chi connectivity index (χ0v) is 14.9. The van der Waals surface area contributed by atoms with Crippen molar-refractivity contribution in [1.29, 1.82) is 0 Å². The van der Waals surface area contributed by atoms with Gasteiger partial charge in [0.1, 0.15) is 18.1 Å². The van der Waals surface area contributed by atoms with Crippen LogP contribution in [0.5, 0.6) is 5.75 Å². The Morgan fingerprint density at radius 1 is 1.15 bits per heavy atom. The van der Waals surface area contributed by atoms with Gasteiger partial charge in [0.05, 0.1) is 0 Å². The van der Waals surface area contributed by atoms with Crippen LogP contribution in [-0.4, -0.2) is 17.1 Å². The quantitative estimate of drug-likeness (QED) is 0.689. The molecule has 3 nitrogen and oxygen atoms in total. The maximum atomic E-state index is 14.4. The number of pyridine rings is 1. The lowest BCUT2D eigenvalue weighted by atomic mass is 9.93. The van der Waals surface area contributed by atoms with Gasteiger partial charge in [0.15, 0.2) is 11.6 Å². The lowest BCUT2D eigenvalue weighted by Gasteiger charge is -2.26. The third kappa shape index (κ3) is 5.17. The molecule has 0 aliphatic rings. The maximum absolute atomic E-state index is 14.4. The molecule has 1 heterocycles. The van der Waals surface area contributed by atoms with Gasteiger partial charge in [-0.1, -0.05) is 13.8 Å². The predicted molar refractivity (Wildman–Crippen MR) is 92.1 cm³/mol. The molecule has 7 heteroatoms. The van der Waals surface area contributed by atoms with Gasteiger partial charge in [-0.3, -0.25) is 4.98 Å². The third-order valence-corrected chi connectivity index (χ3v) is 3.77. The highest BCUT2D eigenvalue weighted by atomic mass is 19.3. The van der Waals surface area contributed by atoms with Crippen molar-refractivity contribution in [1.82, 2.24) is 4.98 Å². The normalized spacial score (nSPS) is 13.9. The van der Waals surface area contributed by atoms with Gasteiger partial charge in [-0.2, -0.15) is 0 Å². The second kappa shape index (κ2) is 8.03.